The molecule has 0 aliphatic rings. The summed E-state index contributed by atoms with van der Waals surface area (Å²) in [5.74, 6) is 0.944. The van der Waals surface area contributed by atoms with Gasteiger partial charge in [-0.15, -0.1) is 11.8 Å². The van der Waals surface area contributed by atoms with E-state index in [4.69, 9.17) is 32.3 Å². The van der Waals surface area contributed by atoms with E-state index in [2.05, 4.69) is 88.7 Å². The lowest BCUT2D eigenvalue weighted by Crippen LogP contribution is -2.07. The van der Waals surface area contributed by atoms with Crippen LogP contribution in [0.4, 0.5) is 0 Å². The molecule has 28 nitrogen and oxygen atoms in total. The molecule has 0 saturated carbocycles. The van der Waals surface area contributed by atoms with Crippen molar-refractivity contribution in [3.05, 3.63) is 286 Å². The molecule has 16 rings (SSSR count). The van der Waals surface area contributed by atoms with Gasteiger partial charge in [0, 0.05) is 46.5 Å². The summed E-state index contributed by atoms with van der Waals surface area (Å²) < 4.78 is 43.8. The summed E-state index contributed by atoms with van der Waals surface area (Å²) in [6, 6.07) is 68.7. The molecule has 8 aromatic heterocycles. The minimum atomic E-state index is -1.12. The molecule has 29 heteroatoms. The van der Waals surface area contributed by atoms with Gasteiger partial charge in [-0.25, -0.2) is 37.9 Å². The Labute approximate surface area is 682 Å². The van der Waals surface area contributed by atoms with E-state index in [1.165, 1.54) is 24.9 Å². The molecule has 0 fully saturated rings. The topological polar surface area (TPSA) is 343 Å². The number of carboxylic acids is 1. The highest BCUT2D eigenvalue weighted by Crippen LogP contribution is 2.35. The number of hydrogen-bond acceptors (Lipinski definition) is 24. The second kappa shape index (κ2) is 36.7. The maximum absolute atomic E-state index is 12.4. The molecule has 118 heavy (non-hydrogen) atoms. The van der Waals surface area contributed by atoms with Crippen molar-refractivity contribution in [1.82, 2.24) is 79.7 Å². The van der Waals surface area contributed by atoms with Crippen molar-refractivity contribution in [3.8, 4) is 115 Å². The van der Waals surface area contributed by atoms with E-state index in [1.54, 1.807) is 43.9 Å². The molecule has 0 radical (unpaired) electrons. The Bertz CT molecular complexity index is 6270. The number of hydrogen-bond donors (Lipinski definition) is 1. The van der Waals surface area contributed by atoms with Crippen LogP contribution in [0.25, 0.3) is 115 Å². The van der Waals surface area contributed by atoms with Gasteiger partial charge in [0.25, 0.3) is 23.6 Å². The van der Waals surface area contributed by atoms with E-state index in [9.17, 15) is 24.3 Å². The molecular formula is C89H82N16O12S. The number of aromatic nitrogens is 16. The van der Waals surface area contributed by atoms with Crippen molar-refractivity contribution in [2.75, 3.05) is 25.9 Å². The van der Waals surface area contributed by atoms with Crippen LogP contribution in [0.15, 0.2) is 236 Å². The van der Waals surface area contributed by atoms with Gasteiger partial charge in [0.05, 0.1) is 36.5 Å². The van der Waals surface area contributed by atoms with Crippen LogP contribution >= 0.6 is 11.8 Å². The van der Waals surface area contributed by atoms with Crippen molar-refractivity contribution in [1.29, 1.82) is 0 Å². The minimum Gasteiger partial charge on any atom is -0.476 e. The fourth-order valence-electron chi connectivity index (χ4n) is 12.6. The monoisotopic (exact) mass is 1600 g/mol. The zero-order valence-electron chi connectivity index (χ0n) is 66.9. The number of rotatable bonds is 21. The first kappa shape index (κ1) is 81.4. The molecule has 0 unspecified atom stereocenters. The van der Waals surface area contributed by atoms with Crippen LogP contribution in [0.3, 0.4) is 0 Å². The van der Waals surface area contributed by atoms with E-state index in [0.29, 0.717) is 46.1 Å². The Morgan fingerprint density at radius 1 is 0.381 bits per heavy atom. The number of carbonyl (C=O) groups excluding carboxylic acids is 3. The summed E-state index contributed by atoms with van der Waals surface area (Å²) in [6.45, 7) is 22.3. The van der Waals surface area contributed by atoms with E-state index < -0.39 is 23.9 Å². The first-order chi connectivity index (χ1) is 57.0. The van der Waals surface area contributed by atoms with Crippen LogP contribution < -0.4 is 0 Å². The first-order valence-electron chi connectivity index (χ1n) is 37.5. The number of carboxylic acid groups (broad SMARTS) is 1. The maximum atomic E-state index is 12.4. The van der Waals surface area contributed by atoms with Crippen molar-refractivity contribution in [3.63, 3.8) is 0 Å². The number of aryl methyl sites for hydroxylation is 6. The van der Waals surface area contributed by atoms with Gasteiger partial charge in [0.2, 0.25) is 23.3 Å². The van der Waals surface area contributed by atoms with Crippen LogP contribution in [0, 0.1) is 41.5 Å². The second-order valence-electron chi connectivity index (χ2n) is 27.8. The molecule has 1 N–H and O–H groups in total. The molecule has 0 spiro atoms. The number of benzene rings is 8. The van der Waals surface area contributed by atoms with Crippen LogP contribution in [0.2, 0.25) is 0 Å². The Morgan fingerprint density at radius 3 is 0.983 bits per heavy atom. The summed E-state index contributed by atoms with van der Waals surface area (Å²) in [4.78, 5) is 66.5. The second-order valence-corrected chi connectivity index (χ2v) is 28.6. The maximum Gasteiger partial charge on any atom is 0.359 e. The van der Waals surface area contributed by atoms with Gasteiger partial charge >= 0.3 is 23.9 Å². The number of aromatic carboxylic acids is 1. The molecule has 8 aromatic carbocycles. The predicted octanol–water partition coefficient (Wildman–Crippen LogP) is 18.6. The standard InChI is InChI=1S/C23H22N4O3.C22H20N4O3S.2C22H20N4O3/c1-14(2)17-10-5-6-11-19(17)27-20(13-18(25-27)23(28)29-4)22-24-21(26-30-22)16-9-7-8-15(3)12-16;1-14-7-6-9-16(11-14)20-23-21(29-25-20)19-12-17(22(27)28-13-30-3)24-26(19)18-10-5-4-8-15(18)2;1-13(2)16-9-4-5-10-18(16)26-19(12-17(24-26)22(27)28)21-23-20(25-29-21)15-8-6-7-14(3)11-15;1-4-28-22(27)17-13-19(26(24-17)18-11-6-5-9-15(18)3)21-23-20(25-29-21)16-10-7-8-14(2)12-16/h5-14H,1-4H3;4-12H,13H2,1-3H3;4-13H,1-3H3,(H,27,28);5-13H,4H2,1-3H3. The van der Waals surface area contributed by atoms with Crippen LogP contribution in [-0.4, -0.2) is 135 Å². The van der Waals surface area contributed by atoms with Gasteiger partial charge < -0.3 is 37.4 Å². The first-order valence-corrected chi connectivity index (χ1v) is 38.9. The van der Waals surface area contributed by atoms with E-state index in [0.717, 1.165) is 89.5 Å². The Hall–Kier alpha value is -14.6. The van der Waals surface area contributed by atoms with Crippen molar-refractivity contribution >= 4 is 35.6 Å². The lowest BCUT2D eigenvalue weighted by Gasteiger charge is -2.13. The smallest absolute Gasteiger partial charge is 0.359 e. The minimum absolute atomic E-state index is 0.0890. The van der Waals surface area contributed by atoms with Gasteiger partial charge in [-0.3, -0.25) is 0 Å². The molecular weight excluding hydrogens is 1520 g/mol. The third-order valence-corrected chi connectivity index (χ3v) is 18.8. The number of carbonyl (C=O) groups is 4. The number of esters is 3. The summed E-state index contributed by atoms with van der Waals surface area (Å²) in [5, 5.41) is 43.6. The van der Waals surface area contributed by atoms with Crippen molar-refractivity contribution in [2.45, 2.75) is 88.0 Å². The number of ether oxygens (including phenoxy) is 3. The lowest BCUT2D eigenvalue weighted by molar-refractivity contribution is 0.0516. The van der Waals surface area contributed by atoms with Crippen LogP contribution in [0.1, 0.15) is 133 Å². The fraction of sp³-hybridized carbons (Fsp3) is 0.191. The molecule has 596 valence electrons. The highest BCUT2D eigenvalue weighted by Gasteiger charge is 2.29. The molecule has 0 saturated heterocycles. The fourth-order valence-corrected chi connectivity index (χ4v) is 12.8. The van der Waals surface area contributed by atoms with Gasteiger partial charge in [-0.2, -0.15) is 40.3 Å². The summed E-state index contributed by atoms with van der Waals surface area (Å²) >= 11 is 1.41. The average molecular weight is 1600 g/mol. The summed E-state index contributed by atoms with van der Waals surface area (Å²) in [7, 11) is 1.33. The SMILES string of the molecule is CCOC(=O)c1cc(-c2nc(-c3cccc(C)c3)no2)n(-c2ccccc2C)n1.COC(=O)c1cc(-c2nc(-c3cccc(C)c3)no2)n(-c2ccccc2C(C)C)n1.CSCOC(=O)c1cc(-c2nc(-c3cccc(C)c3)no2)n(-c2ccccc2C)n1.Cc1cccc(-c2noc(-c3cc(C(=O)O)nn3-c3ccccc3C(C)C)n2)c1. The highest BCUT2D eigenvalue weighted by molar-refractivity contribution is 7.98. The highest BCUT2D eigenvalue weighted by atomic mass is 32.2. The van der Waals surface area contributed by atoms with Gasteiger partial charge in [0.15, 0.2) is 22.8 Å². The third-order valence-electron chi connectivity index (χ3n) is 18.4. The molecule has 8 heterocycles. The molecule has 0 aliphatic carbocycles. The largest absolute Gasteiger partial charge is 0.476 e. The normalized spacial score (nSPS) is 11.0. The predicted molar refractivity (Wildman–Crippen MR) is 444 cm³/mol. The van der Waals surface area contributed by atoms with Gasteiger partial charge in [0.1, 0.15) is 28.7 Å². The molecule has 0 bridgehead atoms. The molecule has 0 atom stereocenters. The van der Waals surface area contributed by atoms with E-state index in [1.807, 2.05) is 242 Å². The summed E-state index contributed by atoms with van der Waals surface area (Å²) in [6.07, 6.45) is 1.86. The lowest BCUT2D eigenvalue weighted by atomic mass is 10.0. The zero-order chi connectivity index (χ0) is 83.3. The van der Waals surface area contributed by atoms with E-state index >= 15 is 0 Å². The Balaban J connectivity index is 0.000000136. The quantitative estimate of drug-likeness (QED) is 0.0397. The summed E-state index contributed by atoms with van der Waals surface area (Å²) in [5.41, 5.74) is 17.5. The van der Waals surface area contributed by atoms with Gasteiger partial charge in [-0.1, -0.05) is 216 Å². The molecule has 0 amide bonds. The average Bonchev–Trinajstić information content (AvgIpc) is 1.64. The molecule has 0 aliphatic heterocycles. The Kier molecular flexibility index (Phi) is 25.3. The van der Waals surface area contributed by atoms with Crippen molar-refractivity contribution in [2.24, 2.45) is 0 Å². The number of methoxy groups -OCH3 is 1. The molecule has 16 aromatic rings. The zero-order valence-corrected chi connectivity index (χ0v) is 67.7. The van der Waals surface area contributed by atoms with E-state index in [-0.39, 0.29) is 70.7 Å². The van der Waals surface area contributed by atoms with Gasteiger partial charge in [-0.05, 0) is 137 Å². The number of thioether (sulfide) groups is 1. The van der Waals surface area contributed by atoms with Crippen molar-refractivity contribution < 1.29 is 56.6 Å². The number of nitrogens with zero attached hydrogens (tertiary/aromatic N) is 16. The van der Waals surface area contributed by atoms with Crippen LogP contribution in [0.5, 0.6) is 0 Å². The number of para-hydroxylation sites is 4. The third kappa shape index (κ3) is 18.6. The Morgan fingerprint density at radius 2 is 0.678 bits per heavy atom. The van der Waals surface area contributed by atoms with Crippen LogP contribution in [-0.2, 0) is 14.2 Å².